The molecule has 4 rings (SSSR count). The van der Waals surface area contributed by atoms with Crippen molar-refractivity contribution in [2.45, 2.75) is 114 Å². The van der Waals surface area contributed by atoms with Crippen LogP contribution in [-0.2, 0) is 67.1 Å². The van der Waals surface area contributed by atoms with Gasteiger partial charge in [0.15, 0.2) is 0 Å². The molecule has 0 unspecified atom stereocenters. The largest absolute Gasteiger partial charge is 0.508 e. The minimum Gasteiger partial charge on any atom is -0.508 e. The number of benzene rings is 4. The van der Waals surface area contributed by atoms with Gasteiger partial charge in [-0.15, -0.1) is 0 Å². The number of phenolic OH excluding ortho intramolecular Hbond substituents is 1. The fourth-order valence-electron chi connectivity index (χ4n) is 8.40. The zero-order valence-corrected chi connectivity index (χ0v) is 48.4. The standard InChI is InChI=1S/C57H80N10O13S2/c1-33(2)48(57(77)65-47(32-82)56(76)67-49(34(3)68)50(60)70)66-52(72)43(11-7-8-22-58)61-53(73)44(30-36-15-20-41(21-16-36)80-26-25-79-24-23-78-4)62-54(74)45(29-35-13-18-40(69)19-14-35)63-55(75)46(31-81)64-51(71)42(59)28-37-12-17-38-9-5-6-10-39(38)27-37/h5-6,9-10,12-21,27,33-34,42-49,68-69,81-82H,7-8,11,22-26,28-32,58-59H2,1-4H3,(H2,60,70)(H,61,73)(H,62,74)(H,63,75)(H,64,71)(H,65,77)(H,66,72)(H,67,76)/t34-,42+,43+,44-,45+,46+,47+,48+,49+/m1/s1. The van der Waals surface area contributed by atoms with Crippen LogP contribution in [0.5, 0.6) is 11.5 Å². The number of rotatable bonds is 36. The van der Waals surface area contributed by atoms with Crippen LogP contribution in [0.3, 0.4) is 0 Å². The molecule has 0 fully saturated rings. The van der Waals surface area contributed by atoms with Crippen LogP contribution in [0.1, 0.15) is 56.7 Å². The van der Waals surface area contributed by atoms with Crippen molar-refractivity contribution < 1.29 is 62.8 Å². The Hall–Kier alpha value is -7.00. The number of amides is 8. The van der Waals surface area contributed by atoms with Crippen molar-refractivity contribution in [3.05, 3.63) is 108 Å². The molecule has 0 heterocycles. The number of carbonyl (C=O) groups excluding carboxylic acids is 8. The first kappa shape index (κ1) is 67.5. The van der Waals surface area contributed by atoms with Crippen LogP contribution >= 0.6 is 25.3 Å². The molecule has 0 aliphatic heterocycles. The minimum atomic E-state index is -1.47. The van der Waals surface area contributed by atoms with Gasteiger partial charge in [-0.3, -0.25) is 38.4 Å². The molecular weight excluding hydrogens is 1100 g/mol. The summed E-state index contributed by atoms with van der Waals surface area (Å²) in [6, 6.07) is 15.4. The van der Waals surface area contributed by atoms with Crippen LogP contribution in [0, 0.1) is 5.92 Å². The second-order valence-corrected chi connectivity index (χ2v) is 20.7. The Kier molecular flexibility index (Phi) is 28.9. The molecule has 8 amide bonds. The Balaban J connectivity index is 1.62. The van der Waals surface area contributed by atoms with Crippen molar-refractivity contribution in [1.82, 2.24) is 37.2 Å². The smallest absolute Gasteiger partial charge is 0.244 e. The maximum atomic E-state index is 14.8. The number of hydrogen-bond donors (Lipinski definition) is 14. The zero-order valence-electron chi connectivity index (χ0n) is 46.6. The number of thiol groups is 2. The Bertz CT molecular complexity index is 2720. The van der Waals surface area contributed by atoms with Gasteiger partial charge in [0.1, 0.15) is 60.4 Å². The van der Waals surface area contributed by atoms with E-state index in [0.717, 1.165) is 16.3 Å². The summed E-state index contributed by atoms with van der Waals surface area (Å²) < 4.78 is 16.3. The van der Waals surface area contributed by atoms with Gasteiger partial charge in [-0.1, -0.05) is 80.6 Å². The van der Waals surface area contributed by atoms with Crippen molar-refractivity contribution in [3.8, 4) is 11.5 Å². The van der Waals surface area contributed by atoms with E-state index in [1.165, 1.54) is 19.1 Å². The SMILES string of the molecule is COCCOCCOc1ccc(C[C@@H](NC(=O)[C@H](Cc2ccc(O)cc2)NC(=O)[C@H](CS)NC(=O)[C@@H](N)Cc2ccc3ccccc3c2)C(=O)N[C@@H](CCCCN)C(=O)N[C@H](C(=O)N[C@@H](CS)C(=O)N[C@H](C(N)=O)[C@@H](C)O)C(C)C)cc1. The number of aliphatic hydroxyl groups excluding tert-OH is 1. The van der Waals surface area contributed by atoms with Crippen LogP contribution in [-0.4, -0.2) is 163 Å². The number of carbonyl (C=O) groups is 8. The van der Waals surface area contributed by atoms with Gasteiger partial charge in [-0.25, -0.2) is 0 Å². The van der Waals surface area contributed by atoms with E-state index >= 15 is 0 Å². The second kappa shape index (κ2) is 35.1. The molecule has 4 aromatic rings. The summed E-state index contributed by atoms with van der Waals surface area (Å²) in [5, 5.41) is 40.5. The van der Waals surface area contributed by atoms with Crippen LogP contribution in [0.25, 0.3) is 10.8 Å². The van der Waals surface area contributed by atoms with Gasteiger partial charge >= 0.3 is 0 Å². The third kappa shape index (κ3) is 22.4. The second-order valence-electron chi connectivity index (χ2n) is 20.0. The third-order valence-electron chi connectivity index (χ3n) is 13.1. The zero-order chi connectivity index (χ0) is 60.3. The van der Waals surface area contributed by atoms with E-state index in [1.807, 2.05) is 42.5 Å². The number of methoxy groups -OCH3 is 1. The third-order valence-corrected chi connectivity index (χ3v) is 13.8. The van der Waals surface area contributed by atoms with Gasteiger partial charge in [0.25, 0.3) is 0 Å². The van der Waals surface area contributed by atoms with Crippen molar-refractivity contribution in [2.24, 2.45) is 23.1 Å². The summed E-state index contributed by atoms with van der Waals surface area (Å²) in [4.78, 5) is 110. The number of fused-ring (bicyclic) bond motifs is 1. The summed E-state index contributed by atoms with van der Waals surface area (Å²) in [7, 11) is 1.56. The highest BCUT2D eigenvalue weighted by molar-refractivity contribution is 7.80. The summed E-state index contributed by atoms with van der Waals surface area (Å²) in [6.45, 7) is 6.10. The monoisotopic (exact) mass is 1180 g/mol. The Morgan fingerprint density at radius 2 is 1.04 bits per heavy atom. The fraction of sp³-hybridized carbons (Fsp3) is 0.474. The molecule has 9 atom stereocenters. The van der Waals surface area contributed by atoms with Crippen molar-refractivity contribution >= 4 is 83.3 Å². The minimum absolute atomic E-state index is 0.0287. The predicted octanol–water partition coefficient (Wildman–Crippen LogP) is -0.153. The van der Waals surface area contributed by atoms with E-state index < -0.39 is 108 Å². The van der Waals surface area contributed by atoms with Crippen molar-refractivity contribution in [3.63, 3.8) is 0 Å². The normalized spacial score (nSPS) is 14.6. The van der Waals surface area contributed by atoms with E-state index in [4.69, 9.17) is 31.4 Å². The molecule has 0 radical (unpaired) electrons. The lowest BCUT2D eigenvalue weighted by Gasteiger charge is -2.29. The number of unbranched alkanes of at least 4 members (excludes halogenated alkanes) is 1. The van der Waals surface area contributed by atoms with Gasteiger partial charge in [0.2, 0.25) is 47.3 Å². The lowest BCUT2D eigenvalue weighted by atomic mass is 10.00. The summed E-state index contributed by atoms with van der Waals surface area (Å²) >= 11 is 8.54. The molecule has 448 valence electrons. The van der Waals surface area contributed by atoms with Gasteiger partial charge < -0.3 is 78.8 Å². The molecule has 0 saturated carbocycles. The maximum Gasteiger partial charge on any atom is 0.244 e. The Morgan fingerprint density at radius 1 is 0.549 bits per heavy atom. The highest BCUT2D eigenvalue weighted by atomic mass is 32.1. The molecule has 0 aliphatic carbocycles. The summed E-state index contributed by atoms with van der Waals surface area (Å²) in [5.74, 6) is -7.20. The van der Waals surface area contributed by atoms with E-state index in [-0.39, 0.29) is 56.1 Å². The number of ether oxygens (including phenoxy) is 3. The maximum absolute atomic E-state index is 14.8. The highest BCUT2D eigenvalue weighted by Gasteiger charge is 2.35. The first-order valence-electron chi connectivity index (χ1n) is 27.0. The lowest BCUT2D eigenvalue weighted by Crippen LogP contribution is -2.62. The van der Waals surface area contributed by atoms with E-state index in [9.17, 15) is 48.6 Å². The predicted molar refractivity (Wildman–Crippen MR) is 316 cm³/mol. The summed E-state index contributed by atoms with van der Waals surface area (Å²) in [5.41, 5.74) is 19.4. The number of aliphatic hydroxyl groups is 1. The molecule has 0 aromatic heterocycles. The van der Waals surface area contributed by atoms with Crippen molar-refractivity contribution in [2.75, 3.05) is 51.6 Å². The molecule has 82 heavy (non-hydrogen) atoms. The van der Waals surface area contributed by atoms with E-state index in [2.05, 4.69) is 62.5 Å². The van der Waals surface area contributed by atoms with Gasteiger partial charge in [0, 0.05) is 31.5 Å². The molecule has 23 nitrogen and oxygen atoms in total. The molecule has 0 spiro atoms. The molecule has 0 bridgehead atoms. The van der Waals surface area contributed by atoms with Gasteiger partial charge in [0.05, 0.1) is 32.0 Å². The number of aromatic hydroxyl groups is 1. The topological polar surface area (TPSA) is 367 Å². The molecule has 0 saturated heterocycles. The average Bonchev–Trinajstić information content (AvgIpc) is 3.50. The van der Waals surface area contributed by atoms with Crippen molar-refractivity contribution in [1.29, 1.82) is 0 Å². The van der Waals surface area contributed by atoms with E-state index in [1.54, 1.807) is 57.4 Å². The van der Waals surface area contributed by atoms with Crippen LogP contribution in [0.15, 0.2) is 91.0 Å². The molecule has 25 heteroatoms. The van der Waals surface area contributed by atoms with Crippen LogP contribution < -0.4 is 59.2 Å². The quantitative estimate of drug-likeness (QED) is 0.0208. The average molecular weight is 1180 g/mol. The fourth-order valence-corrected chi connectivity index (χ4v) is 8.91. The number of nitrogens with two attached hydrogens (primary N) is 3. The number of primary amides is 1. The van der Waals surface area contributed by atoms with Gasteiger partial charge in [-0.05, 0) is 96.8 Å². The highest BCUT2D eigenvalue weighted by Crippen LogP contribution is 2.19. The Morgan fingerprint density at radius 3 is 1.59 bits per heavy atom. The first-order valence-corrected chi connectivity index (χ1v) is 28.3. The van der Waals surface area contributed by atoms with Crippen LogP contribution in [0.4, 0.5) is 0 Å². The molecule has 15 N–H and O–H groups in total. The Labute approximate surface area is 488 Å². The van der Waals surface area contributed by atoms with Gasteiger partial charge in [-0.2, -0.15) is 25.3 Å². The molecule has 0 aliphatic rings. The summed E-state index contributed by atoms with van der Waals surface area (Å²) in [6.07, 6.45) is -0.705. The first-order chi connectivity index (χ1) is 39.2. The number of phenols is 1. The number of nitrogens with one attached hydrogen (secondary N) is 7. The van der Waals surface area contributed by atoms with Crippen LogP contribution in [0.2, 0.25) is 0 Å². The van der Waals surface area contributed by atoms with E-state index in [0.29, 0.717) is 49.5 Å². The molecular formula is C57H80N10O13S2. The lowest BCUT2D eigenvalue weighted by molar-refractivity contribution is -0.136. The molecule has 4 aromatic carbocycles. The number of hydrogen-bond acceptors (Lipinski definition) is 17.